The van der Waals surface area contributed by atoms with E-state index < -0.39 is 0 Å². The number of esters is 2. The Morgan fingerprint density at radius 1 is 0.639 bits per heavy atom. The summed E-state index contributed by atoms with van der Waals surface area (Å²) in [5, 5.41) is 0. The lowest BCUT2D eigenvalue weighted by Gasteiger charge is -2.32. The molecule has 2 aromatic rings. The average Bonchev–Trinajstić information content (AvgIpc) is 2.82. The van der Waals surface area contributed by atoms with E-state index in [2.05, 4.69) is 55.4 Å². The Bertz CT molecular complexity index is 975. The van der Waals surface area contributed by atoms with E-state index in [9.17, 15) is 9.59 Å². The Morgan fingerprint density at radius 2 is 1.03 bits per heavy atom. The van der Waals surface area contributed by atoms with E-state index in [-0.39, 0.29) is 40.9 Å². The first-order chi connectivity index (χ1) is 16.8. The standard InChI is InChI=1S/C32H46O4/c1-10-13-28(36-30(34)23-16-20-25(21-17-23)32(7,8)9)26(11-2)27(12-3)35-29(33)22-14-18-24(19-15-22)31(4,5)6/h14-21,26-28H,10-13H2,1-9H3. The molecule has 4 nitrogen and oxygen atoms in total. The van der Waals surface area contributed by atoms with Crippen LogP contribution in [-0.2, 0) is 20.3 Å². The Morgan fingerprint density at radius 3 is 1.33 bits per heavy atom. The Balaban J connectivity index is 2.17. The molecule has 2 rings (SSSR count). The zero-order valence-corrected chi connectivity index (χ0v) is 23.8. The second kappa shape index (κ2) is 12.6. The molecule has 0 spiro atoms. The zero-order valence-electron chi connectivity index (χ0n) is 23.8. The third-order valence-electron chi connectivity index (χ3n) is 6.89. The number of carbonyl (C=O) groups is 2. The number of hydrogen-bond donors (Lipinski definition) is 0. The van der Waals surface area contributed by atoms with Gasteiger partial charge in [0.15, 0.2) is 0 Å². The monoisotopic (exact) mass is 494 g/mol. The maximum absolute atomic E-state index is 13.0. The topological polar surface area (TPSA) is 52.6 Å². The number of ether oxygens (including phenoxy) is 2. The average molecular weight is 495 g/mol. The van der Waals surface area contributed by atoms with Gasteiger partial charge in [0.1, 0.15) is 12.2 Å². The summed E-state index contributed by atoms with van der Waals surface area (Å²) in [6.07, 6.45) is 2.33. The minimum absolute atomic E-state index is 0.0196. The molecule has 0 bridgehead atoms. The highest BCUT2D eigenvalue weighted by atomic mass is 16.6. The Hall–Kier alpha value is -2.62. The lowest BCUT2D eigenvalue weighted by atomic mass is 9.86. The smallest absolute Gasteiger partial charge is 0.338 e. The summed E-state index contributed by atoms with van der Waals surface area (Å²) < 4.78 is 12.1. The van der Waals surface area contributed by atoms with E-state index in [4.69, 9.17) is 9.47 Å². The summed E-state index contributed by atoms with van der Waals surface area (Å²) in [5.41, 5.74) is 3.46. The molecule has 4 heteroatoms. The first kappa shape index (κ1) is 29.6. The van der Waals surface area contributed by atoms with E-state index in [0.29, 0.717) is 17.5 Å². The van der Waals surface area contributed by atoms with Gasteiger partial charge in [-0.1, -0.05) is 93.0 Å². The van der Waals surface area contributed by atoms with Gasteiger partial charge in [-0.2, -0.15) is 0 Å². The fraction of sp³-hybridized carbons (Fsp3) is 0.562. The summed E-state index contributed by atoms with van der Waals surface area (Å²) in [5.74, 6) is -0.739. The molecular weight excluding hydrogens is 448 g/mol. The SMILES string of the molecule is CCCC(OC(=O)c1ccc(C(C)(C)C)cc1)C(CC)C(CC)OC(=O)c1ccc(C(C)(C)C)cc1. The van der Waals surface area contributed by atoms with Gasteiger partial charge in [-0.05, 0) is 65.5 Å². The van der Waals surface area contributed by atoms with E-state index in [1.807, 2.05) is 55.5 Å². The molecule has 0 saturated heterocycles. The molecule has 0 amide bonds. The molecular formula is C32H46O4. The summed E-state index contributed by atoms with van der Waals surface area (Å²) in [6, 6.07) is 15.3. The lowest BCUT2D eigenvalue weighted by Crippen LogP contribution is -2.37. The van der Waals surface area contributed by atoms with Crippen molar-refractivity contribution in [2.24, 2.45) is 5.92 Å². The molecule has 2 aromatic carbocycles. The minimum Gasteiger partial charge on any atom is -0.458 e. The summed E-state index contributed by atoms with van der Waals surface area (Å²) in [6.45, 7) is 19.0. The molecule has 0 aliphatic heterocycles. The van der Waals surface area contributed by atoms with Crippen molar-refractivity contribution in [2.45, 2.75) is 111 Å². The van der Waals surface area contributed by atoms with Crippen LogP contribution in [0, 0.1) is 5.92 Å². The van der Waals surface area contributed by atoms with Crippen molar-refractivity contribution < 1.29 is 19.1 Å². The summed E-state index contributed by atoms with van der Waals surface area (Å²) >= 11 is 0. The van der Waals surface area contributed by atoms with Crippen LogP contribution in [0.15, 0.2) is 48.5 Å². The maximum Gasteiger partial charge on any atom is 0.338 e. The minimum atomic E-state index is -0.336. The second-order valence-corrected chi connectivity index (χ2v) is 11.8. The molecule has 0 radical (unpaired) electrons. The van der Waals surface area contributed by atoms with Crippen LogP contribution < -0.4 is 0 Å². The number of carbonyl (C=O) groups excluding carboxylic acids is 2. The zero-order chi connectivity index (χ0) is 27.1. The third-order valence-corrected chi connectivity index (χ3v) is 6.89. The molecule has 0 aromatic heterocycles. The van der Waals surface area contributed by atoms with E-state index in [1.165, 1.54) is 11.1 Å². The van der Waals surface area contributed by atoms with Gasteiger partial charge in [0.25, 0.3) is 0 Å². The van der Waals surface area contributed by atoms with Crippen molar-refractivity contribution in [3.05, 3.63) is 70.8 Å². The van der Waals surface area contributed by atoms with Gasteiger partial charge < -0.3 is 9.47 Å². The van der Waals surface area contributed by atoms with Crippen LogP contribution in [0.4, 0.5) is 0 Å². The molecule has 0 aliphatic rings. The van der Waals surface area contributed by atoms with Crippen molar-refractivity contribution in [1.29, 1.82) is 0 Å². The van der Waals surface area contributed by atoms with Gasteiger partial charge in [-0.15, -0.1) is 0 Å². The molecule has 3 atom stereocenters. The van der Waals surface area contributed by atoms with Crippen LogP contribution in [0.2, 0.25) is 0 Å². The van der Waals surface area contributed by atoms with Crippen LogP contribution in [0.25, 0.3) is 0 Å². The highest BCUT2D eigenvalue weighted by Gasteiger charge is 2.33. The first-order valence-electron chi connectivity index (χ1n) is 13.4. The van der Waals surface area contributed by atoms with E-state index in [0.717, 1.165) is 19.3 Å². The fourth-order valence-electron chi connectivity index (χ4n) is 4.51. The van der Waals surface area contributed by atoms with Crippen LogP contribution in [0.5, 0.6) is 0 Å². The highest BCUT2D eigenvalue weighted by Crippen LogP contribution is 2.28. The maximum atomic E-state index is 13.0. The third kappa shape index (κ3) is 7.94. The molecule has 36 heavy (non-hydrogen) atoms. The van der Waals surface area contributed by atoms with Crippen molar-refractivity contribution in [1.82, 2.24) is 0 Å². The predicted molar refractivity (Wildman–Crippen MR) is 148 cm³/mol. The Labute approximate surface area is 218 Å². The molecule has 0 heterocycles. The van der Waals surface area contributed by atoms with E-state index >= 15 is 0 Å². The van der Waals surface area contributed by atoms with Crippen molar-refractivity contribution in [3.8, 4) is 0 Å². The van der Waals surface area contributed by atoms with Gasteiger partial charge in [0.05, 0.1) is 11.1 Å². The van der Waals surface area contributed by atoms with Crippen molar-refractivity contribution in [2.75, 3.05) is 0 Å². The molecule has 0 saturated carbocycles. The second-order valence-electron chi connectivity index (χ2n) is 11.8. The molecule has 0 fully saturated rings. The van der Waals surface area contributed by atoms with Gasteiger partial charge >= 0.3 is 11.9 Å². The van der Waals surface area contributed by atoms with E-state index in [1.54, 1.807) is 0 Å². The first-order valence-corrected chi connectivity index (χ1v) is 13.4. The number of hydrogen-bond acceptors (Lipinski definition) is 4. The van der Waals surface area contributed by atoms with Crippen molar-refractivity contribution >= 4 is 11.9 Å². The van der Waals surface area contributed by atoms with Crippen LogP contribution in [0.3, 0.4) is 0 Å². The molecule has 3 unspecified atom stereocenters. The van der Waals surface area contributed by atoms with Crippen LogP contribution in [0.1, 0.15) is 120 Å². The summed E-state index contributed by atoms with van der Waals surface area (Å²) in [4.78, 5) is 26.1. The molecule has 198 valence electrons. The van der Waals surface area contributed by atoms with Gasteiger partial charge in [0, 0.05) is 5.92 Å². The van der Waals surface area contributed by atoms with Crippen LogP contribution >= 0.6 is 0 Å². The molecule has 0 N–H and O–H groups in total. The van der Waals surface area contributed by atoms with Gasteiger partial charge in [-0.25, -0.2) is 9.59 Å². The fourth-order valence-corrected chi connectivity index (χ4v) is 4.51. The van der Waals surface area contributed by atoms with Crippen LogP contribution in [-0.4, -0.2) is 24.1 Å². The summed E-state index contributed by atoms with van der Waals surface area (Å²) in [7, 11) is 0. The Kier molecular flexibility index (Phi) is 10.3. The molecule has 0 aliphatic carbocycles. The number of rotatable bonds is 10. The van der Waals surface area contributed by atoms with Gasteiger partial charge in [0.2, 0.25) is 0 Å². The predicted octanol–water partition coefficient (Wildman–Crippen LogP) is 8.27. The normalized spacial score (nSPS) is 14.6. The quantitative estimate of drug-likeness (QED) is 0.312. The van der Waals surface area contributed by atoms with Gasteiger partial charge in [-0.3, -0.25) is 0 Å². The largest absolute Gasteiger partial charge is 0.458 e. The lowest BCUT2D eigenvalue weighted by molar-refractivity contribution is -0.0376. The van der Waals surface area contributed by atoms with Crippen molar-refractivity contribution in [3.63, 3.8) is 0 Å². The number of benzene rings is 2. The highest BCUT2D eigenvalue weighted by molar-refractivity contribution is 5.90.